The molecule has 0 bridgehead atoms. The van der Waals surface area contributed by atoms with Gasteiger partial charge in [-0.1, -0.05) is 0 Å². The number of H-pyrrole nitrogens is 1. The number of aryl methyl sites for hydroxylation is 2. The zero-order valence-electron chi connectivity index (χ0n) is 9.42. The molecule has 0 fully saturated rings. The lowest BCUT2D eigenvalue weighted by Crippen LogP contribution is -2.13. The van der Waals surface area contributed by atoms with Crippen molar-refractivity contribution in [3.8, 4) is 10.6 Å². The van der Waals surface area contributed by atoms with Crippen molar-refractivity contribution in [1.29, 1.82) is 0 Å². The average Bonchev–Trinajstić information content (AvgIpc) is 2.72. The van der Waals surface area contributed by atoms with Crippen LogP contribution in [0.5, 0.6) is 0 Å². The van der Waals surface area contributed by atoms with Crippen molar-refractivity contribution < 1.29 is 13.2 Å². The normalized spacial score (nSPS) is 11.8. The van der Waals surface area contributed by atoms with Gasteiger partial charge in [0, 0.05) is 11.9 Å². The van der Waals surface area contributed by atoms with Gasteiger partial charge in [0.15, 0.2) is 5.01 Å². The third-order valence-electron chi connectivity index (χ3n) is 2.32. The molecule has 0 atom stereocenters. The van der Waals surface area contributed by atoms with Gasteiger partial charge in [-0.15, -0.1) is 11.3 Å². The van der Waals surface area contributed by atoms with Gasteiger partial charge >= 0.3 is 6.18 Å². The topological polar surface area (TPSA) is 58.6 Å². The predicted molar refractivity (Wildman–Crippen MR) is 60.4 cm³/mol. The van der Waals surface area contributed by atoms with Gasteiger partial charge in [0.05, 0.1) is 10.6 Å². The van der Waals surface area contributed by atoms with Crippen molar-refractivity contribution >= 4 is 11.3 Å². The smallest absolute Gasteiger partial charge is 0.323 e. The molecule has 0 saturated carbocycles. The molecule has 0 aliphatic carbocycles. The lowest BCUT2D eigenvalue weighted by Gasteiger charge is -2.01. The molecule has 0 aliphatic heterocycles. The number of rotatable bonds is 1. The van der Waals surface area contributed by atoms with Crippen LogP contribution >= 0.6 is 11.3 Å². The van der Waals surface area contributed by atoms with E-state index in [1.54, 1.807) is 13.8 Å². The Morgan fingerprint density at radius 2 is 2.00 bits per heavy atom. The summed E-state index contributed by atoms with van der Waals surface area (Å²) in [6, 6.07) is 0. The van der Waals surface area contributed by atoms with E-state index in [2.05, 4.69) is 15.0 Å². The molecule has 0 aliphatic rings. The second-order valence-corrected chi connectivity index (χ2v) is 4.68. The maximum atomic E-state index is 12.4. The van der Waals surface area contributed by atoms with Crippen molar-refractivity contribution in [3.05, 3.63) is 32.9 Å². The Morgan fingerprint density at radius 1 is 1.33 bits per heavy atom. The summed E-state index contributed by atoms with van der Waals surface area (Å²) in [4.78, 5) is 21.5. The summed E-state index contributed by atoms with van der Waals surface area (Å²) in [6.45, 7) is 3.34. The lowest BCUT2D eigenvalue weighted by atomic mass is 10.3. The first-order valence-electron chi connectivity index (χ1n) is 4.90. The molecule has 1 N–H and O–H groups in total. The number of halogens is 3. The Balaban J connectivity index is 2.53. The summed E-state index contributed by atoms with van der Waals surface area (Å²) in [5, 5.41) is -0.989. The molecule has 2 heterocycles. The first kappa shape index (κ1) is 12.7. The molecule has 0 amide bonds. The molecule has 0 unspecified atom stereocenters. The predicted octanol–water partition coefficient (Wildman–Crippen LogP) is 2.53. The number of aromatic nitrogens is 3. The minimum atomic E-state index is -4.50. The van der Waals surface area contributed by atoms with Crippen molar-refractivity contribution in [2.45, 2.75) is 20.0 Å². The fraction of sp³-hybridized carbons (Fsp3) is 0.300. The number of alkyl halides is 3. The fourth-order valence-electron chi connectivity index (χ4n) is 1.30. The third-order valence-corrected chi connectivity index (χ3v) is 3.37. The van der Waals surface area contributed by atoms with E-state index >= 15 is 0 Å². The molecule has 8 heteroatoms. The van der Waals surface area contributed by atoms with E-state index in [4.69, 9.17) is 0 Å². The Labute approximate surface area is 104 Å². The highest BCUT2D eigenvalue weighted by Gasteiger charge is 2.35. The van der Waals surface area contributed by atoms with E-state index in [-0.39, 0.29) is 10.6 Å². The van der Waals surface area contributed by atoms with E-state index in [9.17, 15) is 18.0 Å². The summed E-state index contributed by atoms with van der Waals surface area (Å²) in [6.07, 6.45) is -3.49. The van der Waals surface area contributed by atoms with Gasteiger partial charge < -0.3 is 4.98 Å². The average molecular weight is 275 g/mol. The van der Waals surface area contributed by atoms with Crippen LogP contribution in [0, 0.1) is 13.8 Å². The summed E-state index contributed by atoms with van der Waals surface area (Å²) in [7, 11) is 0. The second kappa shape index (κ2) is 4.20. The molecule has 0 spiro atoms. The van der Waals surface area contributed by atoms with Crippen molar-refractivity contribution in [1.82, 2.24) is 15.0 Å². The largest absolute Gasteiger partial charge is 0.443 e. The SMILES string of the molecule is Cc1nc(-c2cnc(C(F)(F)F)s2)c(=O)[nH]c1C. The number of nitrogens with one attached hydrogen (secondary N) is 1. The first-order chi connectivity index (χ1) is 8.29. The maximum absolute atomic E-state index is 12.4. The van der Waals surface area contributed by atoms with Crippen LogP contribution in [0.1, 0.15) is 16.4 Å². The molecular weight excluding hydrogens is 267 g/mol. The number of nitrogens with zero attached hydrogens (tertiary/aromatic N) is 2. The molecule has 4 nitrogen and oxygen atoms in total. The lowest BCUT2D eigenvalue weighted by molar-refractivity contribution is -0.137. The van der Waals surface area contributed by atoms with Gasteiger partial charge in [0.25, 0.3) is 5.56 Å². The van der Waals surface area contributed by atoms with Gasteiger partial charge in [0.1, 0.15) is 5.69 Å². The van der Waals surface area contributed by atoms with E-state index in [1.165, 1.54) is 0 Å². The van der Waals surface area contributed by atoms with Gasteiger partial charge in [0.2, 0.25) is 0 Å². The van der Waals surface area contributed by atoms with Crippen molar-refractivity contribution in [3.63, 3.8) is 0 Å². The van der Waals surface area contributed by atoms with Crippen LogP contribution in [0.15, 0.2) is 11.0 Å². The minimum absolute atomic E-state index is 0.0360. The number of hydrogen-bond acceptors (Lipinski definition) is 4. The molecule has 0 aromatic carbocycles. The van der Waals surface area contributed by atoms with Gasteiger partial charge in [-0.05, 0) is 13.8 Å². The van der Waals surface area contributed by atoms with Crippen LogP contribution in [0.3, 0.4) is 0 Å². The van der Waals surface area contributed by atoms with Gasteiger partial charge in [-0.2, -0.15) is 13.2 Å². The molecule has 2 aromatic heterocycles. The van der Waals surface area contributed by atoms with E-state index in [0.717, 1.165) is 6.20 Å². The van der Waals surface area contributed by atoms with E-state index in [0.29, 0.717) is 22.7 Å². The summed E-state index contributed by atoms with van der Waals surface area (Å²) in [5.41, 5.74) is 0.595. The monoisotopic (exact) mass is 275 g/mol. The Kier molecular flexibility index (Phi) is 2.97. The van der Waals surface area contributed by atoms with Crippen LogP contribution in [0.4, 0.5) is 13.2 Å². The number of aromatic amines is 1. The molecule has 2 rings (SSSR count). The molecule has 96 valence electrons. The molecule has 2 aromatic rings. The highest BCUT2D eigenvalue weighted by atomic mass is 32.1. The summed E-state index contributed by atoms with van der Waals surface area (Å²) >= 11 is 0.403. The number of hydrogen-bond donors (Lipinski definition) is 1. The highest BCUT2D eigenvalue weighted by Crippen LogP contribution is 2.34. The van der Waals surface area contributed by atoms with E-state index < -0.39 is 16.7 Å². The fourth-order valence-corrected chi connectivity index (χ4v) is 2.07. The van der Waals surface area contributed by atoms with Crippen LogP contribution in [-0.4, -0.2) is 15.0 Å². The maximum Gasteiger partial charge on any atom is 0.443 e. The summed E-state index contributed by atoms with van der Waals surface area (Å²) < 4.78 is 37.2. The highest BCUT2D eigenvalue weighted by molar-refractivity contribution is 7.15. The standard InChI is InChI=1S/C10H8F3N3OS/c1-4-5(2)16-8(17)7(15-4)6-3-14-9(18-6)10(11,12)13/h3H,1-2H3,(H,16,17). The minimum Gasteiger partial charge on any atom is -0.323 e. The van der Waals surface area contributed by atoms with Gasteiger partial charge in [-0.3, -0.25) is 4.79 Å². The van der Waals surface area contributed by atoms with Crippen LogP contribution in [0.2, 0.25) is 0 Å². The second-order valence-electron chi connectivity index (χ2n) is 3.65. The van der Waals surface area contributed by atoms with Crippen LogP contribution < -0.4 is 5.56 Å². The van der Waals surface area contributed by atoms with Crippen LogP contribution in [0.25, 0.3) is 10.6 Å². The van der Waals surface area contributed by atoms with Gasteiger partial charge in [-0.25, -0.2) is 9.97 Å². The van der Waals surface area contributed by atoms with Crippen molar-refractivity contribution in [2.75, 3.05) is 0 Å². The molecule has 0 radical (unpaired) electrons. The van der Waals surface area contributed by atoms with Crippen molar-refractivity contribution in [2.24, 2.45) is 0 Å². The zero-order chi connectivity index (χ0) is 13.5. The first-order valence-corrected chi connectivity index (χ1v) is 5.71. The molecular formula is C10H8F3N3OS. The third kappa shape index (κ3) is 2.28. The molecule has 0 saturated heterocycles. The summed E-state index contributed by atoms with van der Waals surface area (Å²) in [5.74, 6) is 0. The Bertz CT molecular complexity index is 645. The van der Waals surface area contributed by atoms with Crippen LogP contribution in [-0.2, 0) is 6.18 Å². The Morgan fingerprint density at radius 3 is 2.56 bits per heavy atom. The number of thiazole rings is 1. The molecule has 18 heavy (non-hydrogen) atoms. The Hall–Kier alpha value is -1.70. The zero-order valence-corrected chi connectivity index (χ0v) is 10.2. The van der Waals surface area contributed by atoms with E-state index in [1.807, 2.05) is 0 Å². The quantitative estimate of drug-likeness (QED) is 0.870.